The van der Waals surface area contributed by atoms with E-state index in [0.717, 1.165) is 6.54 Å². The molecule has 1 rings (SSSR count). The van der Waals surface area contributed by atoms with Crippen LogP contribution in [0, 0.1) is 0 Å². The number of nitrogens with one attached hydrogen (secondary N) is 1. The lowest BCUT2D eigenvalue weighted by Crippen LogP contribution is -2.38. The van der Waals surface area contributed by atoms with Gasteiger partial charge in [0.05, 0.1) is 49.1 Å². The number of imidazole rings is 1. The largest absolute Gasteiger partial charge is 0.507 e. The van der Waals surface area contributed by atoms with Crippen molar-refractivity contribution < 1.29 is 57.0 Å². The number of nitrogens with zero attached hydrogens (tertiary/aromatic N) is 4. The summed E-state index contributed by atoms with van der Waals surface area (Å²) in [5, 5.41) is 2.25. The average molecular weight is 553 g/mol. The number of methoxy groups -OCH3 is 5. The molecule has 0 atom stereocenters. The summed E-state index contributed by atoms with van der Waals surface area (Å²) in [4.78, 5) is 55.3. The first-order valence-electron chi connectivity index (χ1n) is 11.0. The highest BCUT2D eigenvalue weighted by Gasteiger charge is 2.15. The van der Waals surface area contributed by atoms with Crippen LogP contribution in [0.2, 0.25) is 0 Å². The lowest BCUT2D eigenvalue weighted by atomic mass is 10.5. The fourth-order valence-electron chi connectivity index (χ4n) is 1.80. The molecule has 0 aliphatic heterocycles. The standard InChI is InChI=1S/C10H18N2O6.C6H11N2.C3H7NO2.C3H6O3/c1-11(9(14)17-4)5-6-12(2)10(15)18-7-8(13)16-3;1-3-8-5-4-7(2)6-8;1-4-3(5)6-2;1-5-3(4)6-2/h5-7H2,1-4H3;4-6H,3H2,1-2H3;1-2H3,(H,4,5);1-2H3/q;+1;;. The van der Waals surface area contributed by atoms with Crippen molar-refractivity contribution in [2.24, 2.45) is 7.05 Å². The van der Waals surface area contributed by atoms with Crippen molar-refractivity contribution in [3.8, 4) is 0 Å². The first kappa shape index (κ1) is 38.3. The van der Waals surface area contributed by atoms with Gasteiger partial charge in [-0.15, -0.1) is 0 Å². The van der Waals surface area contributed by atoms with Gasteiger partial charge in [-0.25, -0.2) is 33.1 Å². The van der Waals surface area contributed by atoms with E-state index in [9.17, 15) is 24.0 Å². The van der Waals surface area contributed by atoms with Crippen LogP contribution in [0.4, 0.5) is 19.2 Å². The molecule has 0 unspecified atom stereocenters. The Morgan fingerprint density at radius 3 is 1.63 bits per heavy atom. The van der Waals surface area contributed by atoms with Gasteiger partial charge in [0.1, 0.15) is 12.4 Å². The van der Waals surface area contributed by atoms with Crippen molar-refractivity contribution in [1.29, 1.82) is 0 Å². The third kappa shape index (κ3) is 22.2. The number of amides is 3. The molecule has 38 heavy (non-hydrogen) atoms. The van der Waals surface area contributed by atoms with Crippen LogP contribution in [0.1, 0.15) is 6.92 Å². The molecular formula is C22H42N5O11+. The van der Waals surface area contributed by atoms with Crippen molar-refractivity contribution in [3.05, 3.63) is 18.7 Å². The van der Waals surface area contributed by atoms with Gasteiger partial charge in [0.2, 0.25) is 6.33 Å². The Labute approximate surface area is 223 Å². The van der Waals surface area contributed by atoms with Gasteiger partial charge in [0.15, 0.2) is 6.61 Å². The molecule has 1 aromatic heterocycles. The molecule has 0 saturated heterocycles. The van der Waals surface area contributed by atoms with Gasteiger partial charge in [-0.1, -0.05) is 0 Å². The summed E-state index contributed by atoms with van der Waals surface area (Å²) in [6, 6.07) is 0. The number of aromatic nitrogens is 2. The van der Waals surface area contributed by atoms with E-state index < -0.39 is 37.0 Å². The Bertz CT molecular complexity index is 789. The summed E-state index contributed by atoms with van der Waals surface area (Å²) in [5.74, 6) is -0.636. The maximum absolute atomic E-state index is 11.4. The molecule has 0 bridgehead atoms. The smallest absolute Gasteiger partial charge is 0.466 e. The van der Waals surface area contributed by atoms with Gasteiger partial charge >= 0.3 is 30.4 Å². The molecule has 1 aromatic rings. The van der Waals surface area contributed by atoms with Gasteiger partial charge in [-0.2, -0.15) is 0 Å². The van der Waals surface area contributed by atoms with Crippen LogP contribution >= 0.6 is 0 Å². The van der Waals surface area contributed by atoms with E-state index in [4.69, 9.17) is 0 Å². The van der Waals surface area contributed by atoms with E-state index in [0.29, 0.717) is 0 Å². The zero-order valence-corrected chi connectivity index (χ0v) is 23.8. The summed E-state index contributed by atoms with van der Waals surface area (Å²) in [7, 11) is 12.9. The van der Waals surface area contributed by atoms with E-state index in [1.165, 1.54) is 59.4 Å². The van der Waals surface area contributed by atoms with Crippen LogP contribution in [0.25, 0.3) is 0 Å². The van der Waals surface area contributed by atoms with Gasteiger partial charge in [0, 0.05) is 34.2 Å². The lowest BCUT2D eigenvalue weighted by Gasteiger charge is -2.20. The van der Waals surface area contributed by atoms with Crippen molar-refractivity contribution in [2.75, 3.05) is 76.4 Å². The molecule has 3 amide bonds. The highest BCUT2D eigenvalue weighted by atomic mass is 16.7. The molecule has 0 fully saturated rings. The maximum Gasteiger partial charge on any atom is 0.507 e. The molecule has 0 aliphatic carbocycles. The summed E-state index contributed by atoms with van der Waals surface area (Å²) in [5.41, 5.74) is 0. The quantitative estimate of drug-likeness (QED) is 0.298. The Hall–Kier alpha value is -4.24. The predicted molar refractivity (Wildman–Crippen MR) is 133 cm³/mol. The molecule has 0 radical (unpaired) electrons. The van der Waals surface area contributed by atoms with Crippen LogP contribution in [0.3, 0.4) is 0 Å². The normalized spacial score (nSPS) is 8.68. The number of carbonyl (C=O) groups is 5. The first-order valence-corrected chi connectivity index (χ1v) is 11.0. The van der Waals surface area contributed by atoms with Crippen LogP contribution in [0.5, 0.6) is 0 Å². The Morgan fingerprint density at radius 1 is 0.842 bits per heavy atom. The minimum absolute atomic E-state index is 0.256. The molecule has 16 heteroatoms. The number of ether oxygens (including phenoxy) is 6. The fraction of sp³-hybridized carbons (Fsp3) is 0.636. The van der Waals surface area contributed by atoms with E-state index in [2.05, 4.69) is 57.8 Å². The topological polar surface area (TPSA) is 168 Å². The van der Waals surface area contributed by atoms with Gasteiger partial charge in [0.25, 0.3) is 0 Å². The molecule has 1 heterocycles. The molecule has 0 aliphatic rings. The van der Waals surface area contributed by atoms with E-state index >= 15 is 0 Å². The van der Waals surface area contributed by atoms with Crippen molar-refractivity contribution in [2.45, 2.75) is 13.5 Å². The molecular weight excluding hydrogens is 510 g/mol. The van der Waals surface area contributed by atoms with E-state index in [1.54, 1.807) is 7.05 Å². The predicted octanol–water partition coefficient (Wildman–Crippen LogP) is 0.630. The number of carbonyl (C=O) groups excluding carboxylic acids is 5. The number of alkyl carbamates (subject to hydrolysis) is 1. The Kier molecular flexibility index (Phi) is 24.6. The molecule has 0 saturated carbocycles. The molecule has 1 N–H and O–H groups in total. The summed E-state index contributed by atoms with van der Waals surface area (Å²) < 4.78 is 29.8. The summed E-state index contributed by atoms with van der Waals surface area (Å²) in [6.45, 7) is 3.29. The highest BCUT2D eigenvalue weighted by Crippen LogP contribution is 1.94. The van der Waals surface area contributed by atoms with E-state index in [-0.39, 0.29) is 13.1 Å². The van der Waals surface area contributed by atoms with E-state index in [1.807, 2.05) is 17.8 Å². The van der Waals surface area contributed by atoms with Crippen LogP contribution in [-0.4, -0.2) is 121 Å². The zero-order valence-electron chi connectivity index (χ0n) is 23.8. The van der Waals surface area contributed by atoms with Crippen LogP contribution in [0.15, 0.2) is 18.7 Å². The monoisotopic (exact) mass is 552 g/mol. The molecule has 0 aromatic carbocycles. The van der Waals surface area contributed by atoms with Crippen molar-refractivity contribution in [1.82, 2.24) is 19.7 Å². The number of hydrogen-bond acceptors (Lipinski definition) is 11. The van der Waals surface area contributed by atoms with Gasteiger partial charge in [-0.3, -0.25) is 0 Å². The minimum Gasteiger partial charge on any atom is -0.466 e. The van der Waals surface area contributed by atoms with Gasteiger partial charge in [-0.05, 0) is 6.92 Å². The second-order valence-corrected chi connectivity index (χ2v) is 6.75. The second kappa shape index (κ2) is 24.5. The SMILES string of the molecule is CCn1cc[n+](C)c1.CNC(=O)OC.COC(=O)COC(=O)N(C)CCN(C)C(=O)OC.COC(=O)OC. The third-order valence-electron chi connectivity index (χ3n) is 4.02. The average Bonchev–Trinajstić information content (AvgIpc) is 3.38. The van der Waals surface area contributed by atoms with Crippen LogP contribution in [-0.2, 0) is 46.8 Å². The number of hydrogen-bond donors (Lipinski definition) is 1. The third-order valence-corrected chi connectivity index (χ3v) is 4.02. The fourth-order valence-corrected chi connectivity index (χ4v) is 1.80. The molecule has 16 nitrogen and oxygen atoms in total. The Morgan fingerprint density at radius 2 is 1.37 bits per heavy atom. The summed E-state index contributed by atoms with van der Waals surface area (Å²) >= 11 is 0. The summed E-state index contributed by atoms with van der Waals surface area (Å²) in [6.07, 6.45) is 3.92. The number of likely N-dealkylation sites (N-methyl/N-ethyl adjacent to an activating group) is 2. The minimum atomic E-state index is -0.668. The van der Waals surface area contributed by atoms with Crippen molar-refractivity contribution in [3.63, 3.8) is 0 Å². The molecule has 220 valence electrons. The maximum atomic E-state index is 11.4. The van der Waals surface area contributed by atoms with Crippen molar-refractivity contribution >= 4 is 30.4 Å². The Balaban J connectivity index is -0.000000500. The van der Waals surface area contributed by atoms with Crippen LogP contribution < -0.4 is 9.88 Å². The first-order chi connectivity index (χ1) is 17.9. The number of aryl methyl sites for hydroxylation is 2. The zero-order chi connectivity index (χ0) is 30.1. The second-order valence-electron chi connectivity index (χ2n) is 6.75. The van der Waals surface area contributed by atoms with Gasteiger partial charge < -0.3 is 43.5 Å². The number of rotatable bonds is 6. The number of esters is 1. The molecule has 0 spiro atoms. The highest BCUT2D eigenvalue weighted by molar-refractivity contribution is 5.75. The lowest BCUT2D eigenvalue weighted by molar-refractivity contribution is -0.671.